The van der Waals surface area contributed by atoms with Crippen LogP contribution in [0.3, 0.4) is 0 Å². The van der Waals surface area contributed by atoms with Gasteiger partial charge in [0.2, 0.25) is 5.13 Å². The summed E-state index contributed by atoms with van der Waals surface area (Å²) in [5.41, 5.74) is 1.41. The summed E-state index contributed by atoms with van der Waals surface area (Å²) in [6.07, 6.45) is 5.50. The Bertz CT molecular complexity index is 1150. The molecule has 0 radical (unpaired) electrons. The number of benzene rings is 2. The number of nitrogens with zero attached hydrogens (tertiary/aromatic N) is 3. The minimum absolute atomic E-state index is 0.193. The summed E-state index contributed by atoms with van der Waals surface area (Å²) in [4.78, 5) is 2.16. The fraction of sp³-hybridized carbons (Fsp3) is 0.417. The fourth-order valence-corrected chi connectivity index (χ4v) is 5.85. The van der Waals surface area contributed by atoms with Gasteiger partial charge in [0.1, 0.15) is 17.2 Å². The lowest BCUT2D eigenvalue weighted by Gasteiger charge is -2.35. The van der Waals surface area contributed by atoms with Crippen molar-refractivity contribution < 1.29 is 18.9 Å². The van der Waals surface area contributed by atoms with E-state index in [1.807, 2.05) is 6.07 Å². The summed E-state index contributed by atoms with van der Waals surface area (Å²) in [7, 11) is 6.42. The molecule has 0 unspecified atom stereocenters. The van der Waals surface area contributed by atoms with E-state index in [9.17, 15) is 0 Å². The molecule has 1 heterocycles. The van der Waals surface area contributed by atoms with Crippen molar-refractivity contribution in [2.45, 2.75) is 38.1 Å². The van der Waals surface area contributed by atoms with Gasteiger partial charge < -0.3 is 23.8 Å². The van der Waals surface area contributed by atoms with Crippen LogP contribution in [0, 0.1) is 0 Å². The molecule has 0 saturated heterocycles. The molecule has 0 bridgehead atoms. The highest BCUT2D eigenvalue weighted by Crippen LogP contribution is 2.51. The van der Waals surface area contributed by atoms with E-state index in [-0.39, 0.29) is 6.04 Å². The van der Waals surface area contributed by atoms with Gasteiger partial charge in [-0.15, -0.1) is 10.2 Å². The lowest BCUT2D eigenvalue weighted by atomic mass is 9.94. The highest BCUT2D eigenvalue weighted by atomic mass is 35.5. The number of methoxy groups -OCH3 is 4. The third kappa shape index (κ3) is 4.59. The van der Waals surface area contributed by atoms with Crippen LogP contribution in [0.4, 0.5) is 10.8 Å². The summed E-state index contributed by atoms with van der Waals surface area (Å²) in [5, 5.41) is 11.4. The van der Waals surface area contributed by atoms with Gasteiger partial charge in [0.05, 0.1) is 44.0 Å². The first kappa shape index (κ1) is 24.7. The Labute approximate surface area is 213 Å². The summed E-state index contributed by atoms with van der Waals surface area (Å²) >= 11 is 14.4. The smallest absolute Gasteiger partial charge is 0.213 e. The van der Waals surface area contributed by atoms with Gasteiger partial charge in [-0.2, -0.15) is 0 Å². The second kappa shape index (κ2) is 10.9. The number of aromatic nitrogens is 2. The van der Waals surface area contributed by atoms with Gasteiger partial charge in [-0.1, -0.05) is 53.8 Å². The molecule has 4 rings (SSSR count). The highest BCUT2D eigenvalue weighted by Gasteiger charge is 2.32. The predicted molar refractivity (Wildman–Crippen MR) is 137 cm³/mol. The molecule has 3 aromatic rings. The van der Waals surface area contributed by atoms with Crippen LogP contribution in [0.1, 0.15) is 32.1 Å². The standard InChI is InChI=1S/C24H27Cl2N3O4S/c1-30-17-12-10-15(25)21(32-3)19(17)23-27-28-24(34-23)29(14-8-6-5-7-9-14)20-18(31-2)13-11-16(26)22(20)33-4/h10-14H,5-9H2,1-4H3. The molecule has 1 saturated carbocycles. The van der Waals surface area contributed by atoms with Crippen molar-refractivity contribution in [2.24, 2.45) is 0 Å². The lowest BCUT2D eigenvalue weighted by molar-refractivity contribution is 0.385. The molecule has 0 spiro atoms. The monoisotopic (exact) mass is 523 g/mol. The molecule has 2 aromatic carbocycles. The van der Waals surface area contributed by atoms with E-state index in [2.05, 4.69) is 15.1 Å². The topological polar surface area (TPSA) is 65.9 Å². The number of hydrogen-bond acceptors (Lipinski definition) is 8. The van der Waals surface area contributed by atoms with Crippen molar-refractivity contribution in [2.75, 3.05) is 33.3 Å². The van der Waals surface area contributed by atoms with Crippen molar-refractivity contribution in [3.8, 4) is 33.6 Å². The first-order valence-corrected chi connectivity index (χ1v) is 12.5. The zero-order chi connectivity index (χ0) is 24.2. The van der Waals surface area contributed by atoms with Crippen LogP contribution < -0.4 is 23.8 Å². The van der Waals surface area contributed by atoms with E-state index < -0.39 is 0 Å². The average Bonchev–Trinajstić information content (AvgIpc) is 3.34. The molecule has 182 valence electrons. The summed E-state index contributed by atoms with van der Waals surface area (Å²) in [6.45, 7) is 0. The molecule has 0 N–H and O–H groups in total. The second-order valence-corrected chi connectivity index (χ2v) is 9.61. The van der Waals surface area contributed by atoms with Crippen molar-refractivity contribution >= 4 is 45.4 Å². The van der Waals surface area contributed by atoms with Crippen LogP contribution in [-0.2, 0) is 0 Å². The van der Waals surface area contributed by atoms with Gasteiger partial charge in [-0.25, -0.2) is 0 Å². The summed E-state index contributed by atoms with van der Waals surface area (Å²) < 4.78 is 22.6. The Balaban J connectivity index is 1.90. The molecule has 1 fully saturated rings. The number of hydrogen-bond donors (Lipinski definition) is 0. The van der Waals surface area contributed by atoms with Crippen molar-refractivity contribution in [1.82, 2.24) is 10.2 Å². The molecule has 0 amide bonds. The molecule has 0 atom stereocenters. The van der Waals surface area contributed by atoms with Gasteiger partial charge in [0, 0.05) is 6.04 Å². The summed E-state index contributed by atoms with van der Waals surface area (Å²) in [6, 6.07) is 7.35. The normalized spacial score (nSPS) is 14.1. The zero-order valence-corrected chi connectivity index (χ0v) is 21.9. The zero-order valence-electron chi connectivity index (χ0n) is 19.6. The van der Waals surface area contributed by atoms with Crippen LogP contribution in [0.5, 0.6) is 23.0 Å². The van der Waals surface area contributed by atoms with E-state index in [1.165, 1.54) is 17.8 Å². The van der Waals surface area contributed by atoms with Gasteiger partial charge in [0.25, 0.3) is 0 Å². The van der Waals surface area contributed by atoms with Crippen LogP contribution in [0.15, 0.2) is 24.3 Å². The molecule has 34 heavy (non-hydrogen) atoms. The Hall–Kier alpha value is -2.42. The molecule has 1 aliphatic rings. The van der Waals surface area contributed by atoms with Crippen molar-refractivity contribution in [1.29, 1.82) is 0 Å². The Morgan fingerprint density at radius 2 is 1.41 bits per heavy atom. The molecular weight excluding hydrogens is 497 g/mol. The maximum Gasteiger partial charge on any atom is 0.213 e. The summed E-state index contributed by atoms with van der Waals surface area (Å²) in [5.74, 6) is 2.29. The molecule has 10 heteroatoms. The van der Waals surface area contributed by atoms with E-state index in [0.29, 0.717) is 48.7 Å². The number of ether oxygens (including phenoxy) is 4. The number of halogens is 2. The van der Waals surface area contributed by atoms with Crippen LogP contribution in [0.2, 0.25) is 10.0 Å². The molecule has 7 nitrogen and oxygen atoms in total. The van der Waals surface area contributed by atoms with E-state index >= 15 is 0 Å². The third-order valence-corrected chi connectivity index (χ3v) is 7.52. The lowest BCUT2D eigenvalue weighted by Crippen LogP contribution is -2.33. The first-order chi connectivity index (χ1) is 16.5. The van der Waals surface area contributed by atoms with E-state index in [4.69, 9.17) is 42.1 Å². The molecule has 1 aromatic heterocycles. The van der Waals surface area contributed by atoms with Crippen molar-refractivity contribution in [3.63, 3.8) is 0 Å². The fourth-order valence-electron chi connectivity index (χ4n) is 4.41. The van der Waals surface area contributed by atoms with Crippen LogP contribution in [-0.4, -0.2) is 44.7 Å². The minimum atomic E-state index is 0.193. The predicted octanol–water partition coefficient (Wildman–Crippen LogP) is 7.02. The molecule has 0 aliphatic heterocycles. The van der Waals surface area contributed by atoms with Gasteiger partial charge in [-0.05, 0) is 37.1 Å². The van der Waals surface area contributed by atoms with Gasteiger partial charge in [0.15, 0.2) is 16.5 Å². The highest BCUT2D eigenvalue weighted by molar-refractivity contribution is 7.18. The first-order valence-electron chi connectivity index (χ1n) is 11.0. The van der Waals surface area contributed by atoms with Crippen molar-refractivity contribution in [3.05, 3.63) is 34.3 Å². The molecular formula is C24H27Cl2N3O4S. The Morgan fingerprint density at radius 1 is 0.794 bits per heavy atom. The number of anilines is 2. The Kier molecular flexibility index (Phi) is 7.91. The quantitative estimate of drug-likeness (QED) is 0.314. The van der Waals surface area contributed by atoms with Gasteiger partial charge >= 0.3 is 0 Å². The van der Waals surface area contributed by atoms with Gasteiger partial charge in [-0.3, -0.25) is 0 Å². The van der Waals surface area contributed by atoms with Crippen LogP contribution >= 0.6 is 34.5 Å². The second-order valence-electron chi connectivity index (χ2n) is 7.84. The maximum atomic E-state index is 6.54. The molecule has 1 aliphatic carbocycles. The Morgan fingerprint density at radius 3 is 2.03 bits per heavy atom. The SMILES string of the molecule is COc1ccc(Cl)c(OC)c1-c1nnc(N(c2c(OC)ccc(Cl)c2OC)C2CCCCC2)s1. The third-order valence-electron chi connectivity index (χ3n) is 5.98. The minimum Gasteiger partial charge on any atom is -0.496 e. The van der Waals surface area contributed by atoms with E-state index in [0.717, 1.165) is 31.4 Å². The van der Waals surface area contributed by atoms with Crippen LogP contribution in [0.25, 0.3) is 10.6 Å². The number of rotatable bonds is 8. The maximum absolute atomic E-state index is 6.54. The largest absolute Gasteiger partial charge is 0.496 e. The van der Waals surface area contributed by atoms with E-state index in [1.54, 1.807) is 46.6 Å². The average molecular weight is 524 g/mol.